The van der Waals surface area contributed by atoms with Gasteiger partial charge in [-0.1, -0.05) is 6.07 Å². The summed E-state index contributed by atoms with van der Waals surface area (Å²) in [5.74, 6) is 0.724. The first-order valence-electron chi connectivity index (χ1n) is 5.67. The summed E-state index contributed by atoms with van der Waals surface area (Å²) < 4.78 is 10.8. The number of hydrogen-bond donors (Lipinski definition) is 3. The van der Waals surface area contributed by atoms with E-state index in [0.717, 1.165) is 17.7 Å². The first-order chi connectivity index (χ1) is 8.24. The smallest absolute Gasteiger partial charge is 0.142 e. The zero-order chi connectivity index (χ0) is 12.5. The number of benzene rings is 1. The number of rotatable bonds is 8. The van der Waals surface area contributed by atoms with Crippen molar-refractivity contribution in [2.45, 2.75) is 13.3 Å². The number of ether oxygens (including phenoxy) is 2. The Labute approximate surface area is 101 Å². The monoisotopic (exact) mass is 240 g/mol. The summed E-state index contributed by atoms with van der Waals surface area (Å²) in [4.78, 5) is 0. The van der Waals surface area contributed by atoms with Crippen molar-refractivity contribution in [1.29, 1.82) is 0 Å². The van der Waals surface area contributed by atoms with E-state index in [1.165, 1.54) is 0 Å². The topological polar surface area (TPSA) is 76.7 Å². The highest BCUT2D eigenvalue weighted by molar-refractivity contribution is 5.53. The Morgan fingerprint density at radius 1 is 1.29 bits per heavy atom. The van der Waals surface area contributed by atoms with E-state index in [0.29, 0.717) is 32.1 Å². The minimum Gasteiger partial charge on any atom is -0.491 e. The predicted octanol–water partition coefficient (Wildman–Crippen LogP) is 1.34. The molecule has 0 bridgehead atoms. The molecule has 0 aliphatic carbocycles. The van der Waals surface area contributed by atoms with Gasteiger partial charge in [-0.15, -0.1) is 0 Å². The van der Waals surface area contributed by atoms with E-state index >= 15 is 0 Å². The summed E-state index contributed by atoms with van der Waals surface area (Å²) in [5, 5.41) is 8.31. The molecular weight excluding hydrogens is 220 g/mol. The Kier molecular flexibility index (Phi) is 6.39. The molecule has 0 aromatic heterocycles. The lowest BCUT2D eigenvalue weighted by molar-refractivity contribution is 0.0838. The van der Waals surface area contributed by atoms with Gasteiger partial charge >= 0.3 is 0 Å². The first kappa shape index (κ1) is 13.8. The molecule has 17 heavy (non-hydrogen) atoms. The lowest BCUT2D eigenvalue weighted by atomic mass is 10.2. The molecule has 0 spiro atoms. The number of aryl methyl sites for hydroxylation is 1. The Hall–Kier alpha value is -1.30. The number of hydrogen-bond acceptors (Lipinski definition) is 5. The molecule has 0 heterocycles. The van der Waals surface area contributed by atoms with Crippen molar-refractivity contribution in [3.05, 3.63) is 23.8 Å². The summed E-state index contributed by atoms with van der Waals surface area (Å²) >= 11 is 0. The molecule has 0 fully saturated rings. The maximum Gasteiger partial charge on any atom is 0.142 e. The molecule has 1 aromatic rings. The Balaban J connectivity index is 2.15. The van der Waals surface area contributed by atoms with Crippen molar-refractivity contribution in [1.82, 2.24) is 5.48 Å². The average molecular weight is 240 g/mol. The van der Waals surface area contributed by atoms with Crippen LogP contribution in [0.15, 0.2) is 18.2 Å². The van der Waals surface area contributed by atoms with Crippen LogP contribution >= 0.6 is 0 Å². The molecule has 0 amide bonds. The third-order valence-corrected chi connectivity index (χ3v) is 2.22. The Morgan fingerprint density at radius 3 is 2.88 bits per heavy atom. The number of nitrogens with two attached hydrogens (primary N) is 1. The van der Waals surface area contributed by atoms with Gasteiger partial charge in [0, 0.05) is 19.6 Å². The van der Waals surface area contributed by atoms with Gasteiger partial charge < -0.3 is 20.4 Å². The molecule has 1 rings (SSSR count). The third-order valence-electron chi connectivity index (χ3n) is 2.22. The van der Waals surface area contributed by atoms with Crippen molar-refractivity contribution in [3.8, 4) is 5.75 Å². The standard InChI is InChI=1S/C12H20N2O3/c1-10-3-4-11(13)12(9-10)17-7-2-6-16-8-5-14-15/h3-4,9,14-15H,2,5-8,13H2,1H3. The molecule has 96 valence electrons. The van der Waals surface area contributed by atoms with Gasteiger partial charge in [0.2, 0.25) is 0 Å². The summed E-state index contributed by atoms with van der Waals surface area (Å²) in [6, 6.07) is 5.72. The van der Waals surface area contributed by atoms with E-state index in [1.807, 2.05) is 30.6 Å². The van der Waals surface area contributed by atoms with Gasteiger partial charge in [-0.3, -0.25) is 0 Å². The minimum absolute atomic E-state index is 0.436. The summed E-state index contributed by atoms with van der Waals surface area (Å²) in [6.07, 6.45) is 0.790. The molecule has 0 atom stereocenters. The zero-order valence-electron chi connectivity index (χ0n) is 10.1. The maximum atomic E-state index is 8.31. The van der Waals surface area contributed by atoms with E-state index in [-0.39, 0.29) is 0 Å². The molecule has 1 aromatic carbocycles. The Morgan fingerprint density at radius 2 is 2.12 bits per heavy atom. The molecular formula is C12H20N2O3. The van der Waals surface area contributed by atoms with Gasteiger partial charge in [0.05, 0.1) is 18.9 Å². The molecule has 0 unspecified atom stereocenters. The number of nitrogens with one attached hydrogen (secondary N) is 1. The number of anilines is 1. The largest absolute Gasteiger partial charge is 0.491 e. The fourth-order valence-electron chi connectivity index (χ4n) is 1.33. The van der Waals surface area contributed by atoms with Crippen LogP contribution in [0.1, 0.15) is 12.0 Å². The Bertz CT molecular complexity index is 332. The molecule has 0 radical (unpaired) electrons. The molecule has 0 saturated heterocycles. The molecule has 4 N–H and O–H groups in total. The van der Waals surface area contributed by atoms with E-state index in [4.69, 9.17) is 20.4 Å². The lowest BCUT2D eigenvalue weighted by Gasteiger charge is -2.09. The fraction of sp³-hybridized carbons (Fsp3) is 0.500. The van der Waals surface area contributed by atoms with Crippen LogP contribution in [0.2, 0.25) is 0 Å². The highest BCUT2D eigenvalue weighted by atomic mass is 16.5. The fourth-order valence-corrected chi connectivity index (χ4v) is 1.33. The third kappa shape index (κ3) is 5.53. The van der Waals surface area contributed by atoms with Crippen LogP contribution in [0.25, 0.3) is 0 Å². The molecule has 5 nitrogen and oxygen atoms in total. The van der Waals surface area contributed by atoms with Crippen LogP contribution in [-0.2, 0) is 4.74 Å². The normalized spacial score (nSPS) is 10.5. The molecule has 0 aliphatic heterocycles. The number of nitrogen functional groups attached to an aromatic ring is 1. The second-order valence-corrected chi connectivity index (χ2v) is 3.76. The predicted molar refractivity (Wildman–Crippen MR) is 66.3 cm³/mol. The van der Waals surface area contributed by atoms with Crippen molar-refractivity contribution < 1.29 is 14.7 Å². The van der Waals surface area contributed by atoms with Crippen molar-refractivity contribution in [3.63, 3.8) is 0 Å². The molecule has 5 heteroatoms. The lowest BCUT2D eigenvalue weighted by Crippen LogP contribution is -2.15. The number of hydroxylamine groups is 1. The molecule has 0 aliphatic rings. The van der Waals surface area contributed by atoms with Gasteiger partial charge in [-0.25, -0.2) is 5.48 Å². The highest BCUT2D eigenvalue weighted by Gasteiger charge is 2.00. The van der Waals surface area contributed by atoms with E-state index in [1.54, 1.807) is 0 Å². The van der Waals surface area contributed by atoms with Gasteiger partial charge in [-0.2, -0.15) is 0 Å². The van der Waals surface area contributed by atoms with Crippen molar-refractivity contribution >= 4 is 5.69 Å². The quantitative estimate of drug-likeness (QED) is 0.363. The van der Waals surface area contributed by atoms with Gasteiger partial charge in [0.15, 0.2) is 0 Å². The zero-order valence-corrected chi connectivity index (χ0v) is 10.1. The second kappa shape index (κ2) is 7.89. The van der Waals surface area contributed by atoms with E-state index in [2.05, 4.69) is 0 Å². The highest BCUT2D eigenvalue weighted by Crippen LogP contribution is 2.22. The van der Waals surface area contributed by atoms with Gasteiger partial charge in [0.25, 0.3) is 0 Å². The van der Waals surface area contributed by atoms with E-state index in [9.17, 15) is 0 Å². The van der Waals surface area contributed by atoms with Crippen LogP contribution in [0.5, 0.6) is 5.75 Å². The summed E-state index contributed by atoms with van der Waals surface area (Å²) in [5.41, 5.74) is 9.58. The minimum atomic E-state index is 0.436. The SMILES string of the molecule is Cc1ccc(N)c(OCCCOCCNO)c1. The van der Waals surface area contributed by atoms with Crippen LogP contribution < -0.4 is 16.0 Å². The van der Waals surface area contributed by atoms with Crippen LogP contribution in [-0.4, -0.2) is 31.6 Å². The van der Waals surface area contributed by atoms with Crippen molar-refractivity contribution in [2.75, 3.05) is 32.1 Å². The molecule has 0 saturated carbocycles. The van der Waals surface area contributed by atoms with Gasteiger partial charge in [0.1, 0.15) is 5.75 Å². The maximum absolute atomic E-state index is 8.31. The van der Waals surface area contributed by atoms with Crippen LogP contribution in [0.3, 0.4) is 0 Å². The van der Waals surface area contributed by atoms with E-state index < -0.39 is 0 Å². The first-order valence-corrected chi connectivity index (χ1v) is 5.67. The van der Waals surface area contributed by atoms with Gasteiger partial charge in [-0.05, 0) is 24.6 Å². The van der Waals surface area contributed by atoms with Crippen LogP contribution in [0.4, 0.5) is 5.69 Å². The van der Waals surface area contributed by atoms with Crippen LogP contribution in [0, 0.1) is 6.92 Å². The average Bonchev–Trinajstić information content (AvgIpc) is 2.32. The second-order valence-electron chi connectivity index (χ2n) is 3.76. The summed E-state index contributed by atoms with van der Waals surface area (Å²) in [6.45, 7) is 4.10. The summed E-state index contributed by atoms with van der Waals surface area (Å²) in [7, 11) is 0. The van der Waals surface area contributed by atoms with Crippen molar-refractivity contribution in [2.24, 2.45) is 0 Å².